The molecule has 2 aliphatic heterocycles. The number of carbonyl (C=O) groups excluding carboxylic acids is 5. The number of nitrogens with zero attached hydrogens (tertiary/aromatic N) is 3. The number of unbranched alkanes of at least 4 members (excludes halogenated alkanes) is 4. The molecule has 0 saturated carbocycles. The molecule has 6 aromatic rings. The van der Waals surface area contributed by atoms with Crippen molar-refractivity contribution in [3.8, 4) is 0 Å². The number of benzene rings is 4. The molecule has 0 fully saturated rings. The number of aromatic nitrogens is 2. The maximum Gasteiger partial charge on any atom is 0.377 e. The summed E-state index contributed by atoms with van der Waals surface area (Å²) in [6.45, 7) is 3.48. The van der Waals surface area contributed by atoms with Gasteiger partial charge >= 0.3 is 5.97 Å². The number of carboxylic acid groups (broad SMARTS) is 1. The van der Waals surface area contributed by atoms with Crippen LogP contribution in [0.2, 0.25) is 0 Å². The van der Waals surface area contributed by atoms with Crippen LogP contribution in [0, 0.1) is 0 Å². The Balaban J connectivity index is 0.000000184. The molecule has 358 valence electrons. The van der Waals surface area contributed by atoms with E-state index in [4.69, 9.17) is 26.6 Å². The molecule has 3 amide bonds. The molecular weight excluding hydrogens is 888 g/mol. The molecule has 0 spiro atoms. The second-order valence-electron chi connectivity index (χ2n) is 16.6. The number of ketones is 2. The molecule has 16 heteroatoms. The van der Waals surface area contributed by atoms with Gasteiger partial charge in [-0.2, -0.15) is 0 Å². The van der Waals surface area contributed by atoms with Crippen molar-refractivity contribution in [2.45, 2.75) is 103 Å². The van der Waals surface area contributed by atoms with E-state index in [1.807, 2.05) is 102 Å². The monoisotopic (exact) mass is 945 g/mol. The molecule has 2 aromatic heterocycles. The molecule has 4 heterocycles. The lowest BCUT2D eigenvalue weighted by atomic mass is 10.0. The Hall–Kier alpha value is -6.65. The van der Waals surface area contributed by atoms with E-state index in [9.17, 15) is 28.8 Å². The number of hydrogen-bond acceptors (Lipinski definition) is 8. The number of hydrogen-bond donors (Lipinski definition) is 4. The van der Waals surface area contributed by atoms with Gasteiger partial charge in [0.1, 0.15) is 0 Å². The molecule has 4 N–H and O–H groups in total. The summed E-state index contributed by atoms with van der Waals surface area (Å²) in [6, 6.07) is 31.0. The minimum Gasteiger partial charge on any atom is -0.575 e. The summed E-state index contributed by atoms with van der Waals surface area (Å²) in [7, 11) is 0. The van der Waals surface area contributed by atoms with E-state index in [1.165, 1.54) is 11.1 Å². The van der Waals surface area contributed by atoms with E-state index in [0.717, 1.165) is 97.4 Å². The third-order valence-electron chi connectivity index (χ3n) is 11.6. The number of para-hydroxylation sites is 2. The highest BCUT2D eigenvalue weighted by Crippen LogP contribution is 2.31. The van der Waals surface area contributed by atoms with Crippen LogP contribution in [0.15, 0.2) is 109 Å². The lowest BCUT2D eigenvalue weighted by Crippen LogP contribution is -2.31. The Labute approximate surface area is 400 Å². The van der Waals surface area contributed by atoms with E-state index < -0.39 is 23.4 Å². The van der Waals surface area contributed by atoms with Gasteiger partial charge in [0.2, 0.25) is 11.8 Å². The number of aryl methyl sites for hydroxylation is 4. The highest BCUT2D eigenvalue weighted by molar-refractivity contribution is 6.45. The first-order valence-corrected chi connectivity index (χ1v) is 23.5. The van der Waals surface area contributed by atoms with Crippen LogP contribution in [-0.4, -0.2) is 62.6 Å². The van der Waals surface area contributed by atoms with E-state index in [2.05, 4.69) is 31.7 Å². The Bertz CT molecular complexity index is 2650. The number of amides is 3. The molecule has 0 unspecified atom stereocenters. The Kier molecular flexibility index (Phi) is 19.9. The van der Waals surface area contributed by atoms with E-state index in [-0.39, 0.29) is 11.8 Å². The third-order valence-corrected chi connectivity index (χ3v) is 11.8. The summed E-state index contributed by atoms with van der Waals surface area (Å²) in [5, 5.41) is 13.1. The number of carboxylic acids is 1. The van der Waals surface area contributed by atoms with Crippen molar-refractivity contribution in [2.24, 2.45) is 0 Å². The standard InChI is InChI=1S/C26H29N3O4.C13H18ClN2O2.C13H11NO3/c30-23(28-33-18-19-9-3-1-4-10-19)14-5-2-6-15-27-26(32)25(31)22-17-29-16-8-12-20-11-7-13-21(22)24(20)29;14-15-10-6-2-5-9-13(17)16-18-11-12-7-3-1-4-8-12;15-12(13(16)17)10-7-14-6-2-4-8-3-1-5-9(10)11(8)14/h1,3-4,7,9-11,13,17H,2,5-6,8,12,14-16,18H2,(H,27,32)(H,28,30);1,3-4,7-8H,2,5-6,9-11H2,(H,16,17);1,3,5,7H,2,4,6H2,(H,16,17)/q;-1;. The number of nitrogens with one attached hydrogen (secondary N) is 3. The quantitative estimate of drug-likeness (QED) is 0.0222. The lowest BCUT2D eigenvalue weighted by Gasteiger charge is -2.14. The number of rotatable bonds is 22. The zero-order valence-electron chi connectivity index (χ0n) is 38.1. The topological polar surface area (TPSA) is 201 Å². The second-order valence-corrected chi connectivity index (χ2v) is 16.8. The van der Waals surface area contributed by atoms with Crippen molar-refractivity contribution in [2.75, 3.05) is 13.1 Å². The van der Waals surface area contributed by atoms with Crippen LogP contribution >= 0.6 is 11.8 Å². The molecule has 0 saturated heterocycles. The predicted octanol–water partition coefficient (Wildman–Crippen LogP) is 8.87. The lowest BCUT2D eigenvalue weighted by molar-refractivity contribution is -0.135. The highest BCUT2D eigenvalue weighted by Gasteiger charge is 2.25. The van der Waals surface area contributed by atoms with Crippen molar-refractivity contribution in [1.82, 2.24) is 25.4 Å². The Morgan fingerprint density at radius 3 is 1.56 bits per heavy atom. The first kappa shape index (κ1) is 50.8. The van der Waals surface area contributed by atoms with Crippen LogP contribution in [0.4, 0.5) is 0 Å². The molecule has 15 nitrogen and oxygen atoms in total. The fourth-order valence-electron chi connectivity index (χ4n) is 8.26. The summed E-state index contributed by atoms with van der Waals surface area (Å²) >= 11 is 5.20. The molecule has 0 radical (unpaired) electrons. The van der Waals surface area contributed by atoms with Gasteiger partial charge in [-0.25, -0.2) is 15.8 Å². The molecule has 68 heavy (non-hydrogen) atoms. The first-order valence-electron chi connectivity index (χ1n) is 23.1. The average Bonchev–Trinajstić information content (AvgIpc) is 3.94. The summed E-state index contributed by atoms with van der Waals surface area (Å²) < 4.78 is 4.08. The Morgan fingerprint density at radius 2 is 1.07 bits per heavy atom. The van der Waals surface area contributed by atoms with Gasteiger partial charge in [0.25, 0.3) is 17.5 Å². The number of carbonyl (C=O) groups is 6. The molecule has 0 atom stereocenters. The van der Waals surface area contributed by atoms with Crippen molar-refractivity contribution >= 4 is 68.8 Å². The van der Waals surface area contributed by atoms with Gasteiger partial charge in [-0.15, -0.1) is 6.54 Å². The largest absolute Gasteiger partial charge is 0.575 e. The SMILES string of the molecule is O=C(CCCCCNC(=O)C(=O)c1cn2c3c(cccc13)CCC2)NOCc1ccccc1.O=C(CCCCC[N-]Cl)NOCc1ccccc1.O=C(O)C(=O)c1cn2c3c(cccc13)CCC2. The van der Waals surface area contributed by atoms with Gasteiger partial charge in [-0.1, -0.05) is 116 Å². The van der Waals surface area contributed by atoms with Crippen LogP contribution in [0.5, 0.6) is 0 Å². The summed E-state index contributed by atoms with van der Waals surface area (Å²) in [6.07, 6.45) is 13.2. The van der Waals surface area contributed by atoms with Crippen molar-refractivity contribution < 1.29 is 43.5 Å². The zero-order chi connectivity index (χ0) is 48.1. The van der Waals surface area contributed by atoms with Gasteiger partial charge in [0.05, 0.1) is 35.4 Å². The van der Waals surface area contributed by atoms with E-state index >= 15 is 0 Å². The number of hydroxylamine groups is 2. The molecule has 0 aliphatic carbocycles. The number of aliphatic carboxylic acids is 1. The van der Waals surface area contributed by atoms with Gasteiger partial charge in [-0.3, -0.25) is 45.4 Å². The molecule has 2 aliphatic rings. The summed E-state index contributed by atoms with van der Waals surface area (Å²) in [5.74, 6) is -3.55. The zero-order valence-corrected chi connectivity index (χ0v) is 38.8. The Morgan fingerprint density at radius 1 is 0.588 bits per heavy atom. The van der Waals surface area contributed by atoms with Gasteiger partial charge in [0, 0.05) is 55.6 Å². The van der Waals surface area contributed by atoms with Crippen molar-refractivity contribution in [3.63, 3.8) is 0 Å². The predicted molar refractivity (Wildman–Crippen MR) is 260 cm³/mol. The van der Waals surface area contributed by atoms with Crippen LogP contribution in [0.1, 0.15) is 107 Å². The van der Waals surface area contributed by atoms with Crippen molar-refractivity contribution in [1.29, 1.82) is 0 Å². The number of Topliss-reactive ketones (excluding diaryl/α,β-unsaturated/α-hetero) is 2. The first-order chi connectivity index (χ1) is 33.1. The number of halogens is 1. The minimum atomic E-state index is -1.39. The second kappa shape index (κ2) is 26.6. The van der Waals surface area contributed by atoms with E-state index in [0.29, 0.717) is 63.1 Å². The summed E-state index contributed by atoms with van der Waals surface area (Å²) in [4.78, 5) is 84.6. The molecular formula is C52H58ClN6O9-. The van der Waals surface area contributed by atoms with E-state index in [1.54, 1.807) is 6.20 Å². The molecule has 4 aromatic carbocycles. The van der Waals surface area contributed by atoms with Crippen LogP contribution < -0.4 is 16.3 Å². The van der Waals surface area contributed by atoms with Gasteiger partial charge in [-0.05, 0) is 67.2 Å². The fraction of sp³-hybridized carbons (Fsp3) is 0.346. The maximum absolute atomic E-state index is 12.7. The van der Waals surface area contributed by atoms with Gasteiger partial charge in [0.15, 0.2) is 0 Å². The third kappa shape index (κ3) is 14.7. The summed E-state index contributed by atoms with van der Waals surface area (Å²) in [5.41, 5.74) is 12.2. The van der Waals surface area contributed by atoms with Gasteiger partial charge < -0.3 is 24.4 Å². The van der Waals surface area contributed by atoms with Crippen LogP contribution in [0.25, 0.3) is 26.6 Å². The van der Waals surface area contributed by atoms with Crippen LogP contribution in [-0.2, 0) is 68.0 Å². The molecule has 8 rings (SSSR count). The van der Waals surface area contributed by atoms with Crippen LogP contribution in [0.3, 0.4) is 0 Å². The average molecular weight is 947 g/mol. The fourth-order valence-corrected chi connectivity index (χ4v) is 8.38. The maximum atomic E-state index is 12.7. The van der Waals surface area contributed by atoms with Crippen molar-refractivity contribution in [3.05, 3.63) is 148 Å². The smallest absolute Gasteiger partial charge is 0.377 e. The normalized spacial score (nSPS) is 12.2. The minimum absolute atomic E-state index is 0.0891. The molecule has 0 bridgehead atoms. The highest BCUT2D eigenvalue weighted by atomic mass is 35.5.